The summed E-state index contributed by atoms with van der Waals surface area (Å²) < 4.78 is 32.5. The summed E-state index contributed by atoms with van der Waals surface area (Å²) in [6.07, 6.45) is 2.81. The van der Waals surface area contributed by atoms with Crippen molar-refractivity contribution in [1.82, 2.24) is 14.5 Å². The van der Waals surface area contributed by atoms with Gasteiger partial charge in [0.2, 0.25) is 10.0 Å². The molecule has 10 heteroatoms. The molecular formula is C11H19N3O6S. The highest BCUT2D eigenvalue weighted by Crippen LogP contribution is 2.07. The third-order valence-electron chi connectivity index (χ3n) is 2.47. The minimum Gasteiger partial charge on any atom is -0.481 e. The molecule has 0 aliphatic carbocycles. The highest BCUT2D eigenvalue weighted by Gasteiger charge is 2.15. The molecule has 0 unspecified atom stereocenters. The monoisotopic (exact) mass is 321 g/mol. The average Bonchev–Trinajstić information content (AvgIpc) is 2.90. The number of rotatable bonds is 11. The van der Waals surface area contributed by atoms with Gasteiger partial charge in [-0.25, -0.2) is 13.1 Å². The summed E-state index contributed by atoms with van der Waals surface area (Å²) in [6, 6.07) is 0. The molecule has 0 aliphatic rings. The van der Waals surface area contributed by atoms with Crippen LogP contribution in [0.5, 0.6) is 0 Å². The van der Waals surface area contributed by atoms with Gasteiger partial charge in [-0.2, -0.15) is 5.10 Å². The molecule has 0 saturated heterocycles. The van der Waals surface area contributed by atoms with Gasteiger partial charge in [0.15, 0.2) is 0 Å². The maximum Gasteiger partial charge on any atom is 0.305 e. The molecule has 0 spiro atoms. The Balaban J connectivity index is 2.41. The Morgan fingerprint density at radius 3 is 2.86 bits per heavy atom. The predicted octanol–water partition coefficient (Wildman–Crippen LogP) is -0.965. The van der Waals surface area contributed by atoms with E-state index in [-0.39, 0.29) is 37.6 Å². The molecule has 120 valence electrons. The van der Waals surface area contributed by atoms with Crippen LogP contribution in [0.4, 0.5) is 0 Å². The van der Waals surface area contributed by atoms with Gasteiger partial charge >= 0.3 is 5.97 Å². The van der Waals surface area contributed by atoms with Crippen LogP contribution < -0.4 is 4.72 Å². The predicted molar refractivity (Wildman–Crippen MR) is 72.2 cm³/mol. The largest absolute Gasteiger partial charge is 0.481 e. The van der Waals surface area contributed by atoms with Crippen LogP contribution in [0.25, 0.3) is 0 Å². The number of aromatic nitrogens is 2. The van der Waals surface area contributed by atoms with Gasteiger partial charge in [0.05, 0.1) is 32.4 Å². The van der Waals surface area contributed by atoms with Gasteiger partial charge in [0.25, 0.3) is 0 Å². The number of nitrogens with one attached hydrogen (secondary N) is 1. The molecule has 1 rings (SSSR count). The zero-order valence-corrected chi connectivity index (χ0v) is 12.3. The van der Waals surface area contributed by atoms with Crippen molar-refractivity contribution in [3.63, 3.8) is 0 Å². The van der Waals surface area contributed by atoms with Crippen LogP contribution in [-0.2, 0) is 26.1 Å². The van der Waals surface area contributed by atoms with E-state index in [1.54, 1.807) is 0 Å². The van der Waals surface area contributed by atoms with E-state index < -0.39 is 16.0 Å². The van der Waals surface area contributed by atoms with E-state index in [1.807, 2.05) is 0 Å². The second kappa shape index (κ2) is 8.72. The lowest BCUT2D eigenvalue weighted by atomic mass is 10.4. The highest BCUT2D eigenvalue weighted by atomic mass is 32.2. The van der Waals surface area contributed by atoms with Crippen molar-refractivity contribution in [2.75, 3.05) is 26.4 Å². The van der Waals surface area contributed by atoms with Gasteiger partial charge in [0.1, 0.15) is 4.90 Å². The molecule has 3 N–H and O–H groups in total. The van der Waals surface area contributed by atoms with Crippen LogP contribution in [-0.4, -0.2) is 60.7 Å². The molecule has 0 aromatic carbocycles. The van der Waals surface area contributed by atoms with Crippen molar-refractivity contribution in [3.8, 4) is 0 Å². The zero-order chi connectivity index (χ0) is 15.7. The number of hydrogen-bond donors (Lipinski definition) is 3. The number of aliphatic carboxylic acids is 1. The van der Waals surface area contributed by atoms with E-state index >= 15 is 0 Å². The summed E-state index contributed by atoms with van der Waals surface area (Å²) in [5, 5.41) is 20.9. The Kier molecular flexibility index (Phi) is 7.29. The van der Waals surface area contributed by atoms with Gasteiger partial charge in [-0.1, -0.05) is 0 Å². The van der Waals surface area contributed by atoms with Crippen LogP contribution in [0.2, 0.25) is 0 Å². The maximum absolute atomic E-state index is 11.9. The van der Waals surface area contributed by atoms with E-state index in [0.29, 0.717) is 13.0 Å². The lowest BCUT2D eigenvalue weighted by Crippen LogP contribution is -2.25. The summed E-state index contributed by atoms with van der Waals surface area (Å²) in [7, 11) is -3.66. The van der Waals surface area contributed by atoms with Gasteiger partial charge in [-0.15, -0.1) is 0 Å². The Morgan fingerprint density at radius 1 is 1.43 bits per heavy atom. The topological polar surface area (TPSA) is 131 Å². The number of ether oxygens (including phenoxy) is 1. The smallest absolute Gasteiger partial charge is 0.305 e. The van der Waals surface area contributed by atoms with Gasteiger partial charge < -0.3 is 14.9 Å². The Labute approximate surface area is 122 Å². The summed E-state index contributed by atoms with van der Waals surface area (Å²) >= 11 is 0. The lowest BCUT2D eigenvalue weighted by molar-refractivity contribution is -0.137. The summed E-state index contributed by atoms with van der Waals surface area (Å²) in [5.74, 6) is -0.976. The first-order valence-electron chi connectivity index (χ1n) is 6.38. The fraction of sp³-hybridized carbons (Fsp3) is 0.636. The van der Waals surface area contributed by atoms with Crippen molar-refractivity contribution in [2.45, 2.75) is 24.3 Å². The van der Waals surface area contributed by atoms with E-state index in [1.165, 1.54) is 17.1 Å². The number of carboxylic acids is 1. The molecule has 9 nitrogen and oxygen atoms in total. The third-order valence-corrected chi connectivity index (χ3v) is 3.88. The molecule has 0 fully saturated rings. The van der Waals surface area contributed by atoms with Crippen LogP contribution in [0.3, 0.4) is 0 Å². The Bertz CT molecular complexity index is 542. The van der Waals surface area contributed by atoms with Crippen LogP contribution in [0, 0.1) is 0 Å². The number of sulfonamides is 1. The molecule has 0 atom stereocenters. The molecule has 1 aromatic rings. The van der Waals surface area contributed by atoms with Crippen LogP contribution in [0.1, 0.15) is 12.8 Å². The molecule has 0 radical (unpaired) electrons. The van der Waals surface area contributed by atoms with E-state index in [0.717, 1.165) is 0 Å². The summed E-state index contributed by atoms with van der Waals surface area (Å²) in [6.45, 7) is 0.819. The number of hydrogen-bond acceptors (Lipinski definition) is 6. The number of aliphatic hydroxyl groups is 1. The van der Waals surface area contributed by atoms with Crippen molar-refractivity contribution >= 4 is 16.0 Å². The number of carbonyl (C=O) groups is 1. The lowest BCUT2D eigenvalue weighted by Gasteiger charge is -2.05. The Morgan fingerprint density at radius 2 is 2.19 bits per heavy atom. The maximum atomic E-state index is 11.9. The average molecular weight is 321 g/mol. The highest BCUT2D eigenvalue weighted by molar-refractivity contribution is 7.89. The van der Waals surface area contributed by atoms with Gasteiger partial charge in [-0.3, -0.25) is 9.48 Å². The molecule has 1 aromatic heterocycles. The minimum atomic E-state index is -3.66. The first-order chi connectivity index (χ1) is 9.95. The molecule has 1 heterocycles. The number of nitrogens with zero attached hydrogens (tertiary/aromatic N) is 2. The third kappa shape index (κ3) is 6.67. The number of aryl methyl sites for hydroxylation is 1. The number of aliphatic hydroxyl groups excluding tert-OH is 1. The summed E-state index contributed by atoms with van der Waals surface area (Å²) in [4.78, 5) is 10.4. The Hall–Kier alpha value is -1.49. The van der Waals surface area contributed by atoms with E-state index in [2.05, 4.69) is 9.82 Å². The molecule has 21 heavy (non-hydrogen) atoms. The van der Waals surface area contributed by atoms with Gasteiger partial charge in [0, 0.05) is 19.3 Å². The van der Waals surface area contributed by atoms with Crippen molar-refractivity contribution in [2.24, 2.45) is 0 Å². The first kappa shape index (κ1) is 17.6. The molecule has 0 saturated carbocycles. The molecule has 0 amide bonds. The molecule has 0 bridgehead atoms. The van der Waals surface area contributed by atoms with Crippen molar-refractivity contribution in [3.05, 3.63) is 12.4 Å². The van der Waals surface area contributed by atoms with Crippen LogP contribution >= 0.6 is 0 Å². The zero-order valence-electron chi connectivity index (χ0n) is 11.4. The fourth-order valence-corrected chi connectivity index (χ4v) is 2.47. The van der Waals surface area contributed by atoms with E-state index in [9.17, 15) is 13.2 Å². The van der Waals surface area contributed by atoms with E-state index in [4.69, 9.17) is 14.9 Å². The SMILES string of the molecule is O=C(O)CCn1cc(S(=O)(=O)NCCCOCCO)cn1. The quantitative estimate of drug-likeness (QED) is 0.447. The molecule has 0 aliphatic heterocycles. The fourth-order valence-electron chi connectivity index (χ4n) is 1.45. The second-order valence-electron chi connectivity index (χ2n) is 4.17. The normalized spacial score (nSPS) is 11.7. The summed E-state index contributed by atoms with van der Waals surface area (Å²) in [5.41, 5.74) is 0. The van der Waals surface area contributed by atoms with Crippen molar-refractivity contribution in [1.29, 1.82) is 0 Å². The second-order valence-corrected chi connectivity index (χ2v) is 5.94. The van der Waals surface area contributed by atoms with Crippen molar-refractivity contribution < 1.29 is 28.2 Å². The van der Waals surface area contributed by atoms with Gasteiger partial charge in [-0.05, 0) is 6.42 Å². The van der Waals surface area contributed by atoms with Crippen LogP contribution in [0.15, 0.2) is 17.3 Å². The first-order valence-corrected chi connectivity index (χ1v) is 7.86. The standard InChI is InChI=1S/C11H19N3O6S/c15-5-7-20-6-1-3-13-21(18,19)10-8-12-14(9-10)4-2-11(16)17/h8-9,13,15H,1-7H2,(H,16,17). The molecular weight excluding hydrogens is 302 g/mol. The number of carboxylic acid groups (broad SMARTS) is 1. The minimum absolute atomic E-state index is 0.0100.